The summed E-state index contributed by atoms with van der Waals surface area (Å²) in [6.07, 6.45) is 1.72. The fourth-order valence-electron chi connectivity index (χ4n) is 2.34. The first kappa shape index (κ1) is 18.1. The minimum atomic E-state index is -0.342. The van der Waals surface area contributed by atoms with Gasteiger partial charge in [0, 0.05) is 19.8 Å². The Bertz CT molecular complexity index is 881. The van der Waals surface area contributed by atoms with Crippen LogP contribution >= 0.6 is 39.9 Å². The predicted molar refractivity (Wildman–Crippen MR) is 111 cm³/mol. The zero-order valence-electron chi connectivity index (χ0n) is 13.5. The van der Waals surface area contributed by atoms with E-state index in [9.17, 15) is 9.18 Å². The van der Waals surface area contributed by atoms with Gasteiger partial charge in [0.25, 0.3) is 5.91 Å². The van der Waals surface area contributed by atoms with Gasteiger partial charge in [-0.1, -0.05) is 30.0 Å². The van der Waals surface area contributed by atoms with Gasteiger partial charge in [-0.15, -0.1) is 0 Å². The average molecular weight is 437 g/mol. The van der Waals surface area contributed by atoms with Crippen LogP contribution in [0.25, 0.3) is 6.08 Å². The molecule has 0 spiro atoms. The molecule has 2 aromatic rings. The maximum absolute atomic E-state index is 13.4. The Morgan fingerprint density at radius 1 is 1.20 bits per heavy atom. The van der Waals surface area contributed by atoms with Crippen LogP contribution in [-0.4, -0.2) is 24.3 Å². The second-order valence-corrected chi connectivity index (χ2v) is 8.13. The molecule has 128 valence electrons. The van der Waals surface area contributed by atoms with Crippen molar-refractivity contribution in [1.29, 1.82) is 0 Å². The highest BCUT2D eigenvalue weighted by Gasteiger charge is 2.33. The summed E-state index contributed by atoms with van der Waals surface area (Å²) in [7, 11) is 3.91. The molecule has 3 rings (SSSR count). The van der Waals surface area contributed by atoms with E-state index in [1.54, 1.807) is 18.2 Å². The largest absolute Gasteiger partial charge is 0.378 e. The van der Waals surface area contributed by atoms with Crippen LogP contribution < -0.4 is 9.80 Å². The van der Waals surface area contributed by atoms with Crippen molar-refractivity contribution < 1.29 is 9.18 Å². The summed E-state index contributed by atoms with van der Waals surface area (Å²) in [4.78, 5) is 16.8. The van der Waals surface area contributed by atoms with Crippen molar-refractivity contribution in [3.8, 4) is 0 Å². The molecule has 0 N–H and O–H groups in total. The third-order valence-electron chi connectivity index (χ3n) is 3.66. The summed E-state index contributed by atoms with van der Waals surface area (Å²) in [5, 5.41) is 0. The molecular weight excluding hydrogens is 423 g/mol. The van der Waals surface area contributed by atoms with Crippen molar-refractivity contribution in [3.05, 3.63) is 63.2 Å². The molecule has 1 amide bonds. The lowest BCUT2D eigenvalue weighted by Crippen LogP contribution is -2.27. The molecule has 0 unspecified atom stereocenters. The van der Waals surface area contributed by atoms with Gasteiger partial charge in [-0.2, -0.15) is 0 Å². The highest BCUT2D eigenvalue weighted by Crippen LogP contribution is 2.36. The molecular formula is C18H14BrFN2OS2. The molecule has 1 heterocycles. The third-order valence-corrected chi connectivity index (χ3v) is 5.57. The molecule has 1 aliphatic rings. The Kier molecular flexibility index (Phi) is 5.27. The average Bonchev–Trinajstić information content (AvgIpc) is 2.85. The number of halogens is 2. The van der Waals surface area contributed by atoms with Crippen molar-refractivity contribution >= 4 is 67.6 Å². The van der Waals surface area contributed by atoms with E-state index in [0.717, 1.165) is 16.9 Å². The summed E-state index contributed by atoms with van der Waals surface area (Å²) >= 11 is 9.77. The Hall–Kier alpha value is -1.70. The lowest BCUT2D eigenvalue weighted by atomic mass is 10.2. The molecule has 0 saturated carbocycles. The highest BCUT2D eigenvalue weighted by molar-refractivity contribution is 9.10. The van der Waals surface area contributed by atoms with Gasteiger partial charge in [0.2, 0.25) is 0 Å². The first-order valence-corrected chi connectivity index (χ1v) is 9.39. The molecule has 1 fully saturated rings. The fourth-order valence-corrected chi connectivity index (χ4v) is 4.04. The van der Waals surface area contributed by atoms with Crippen molar-refractivity contribution in [2.24, 2.45) is 0 Å². The van der Waals surface area contributed by atoms with Gasteiger partial charge >= 0.3 is 0 Å². The zero-order chi connectivity index (χ0) is 18.1. The highest BCUT2D eigenvalue weighted by atomic mass is 79.9. The number of hydrogen-bond donors (Lipinski definition) is 0. The van der Waals surface area contributed by atoms with Gasteiger partial charge in [-0.3, -0.25) is 9.69 Å². The third kappa shape index (κ3) is 3.78. The fraction of sp³-hybridized carbons (Fsp3) is 0.111. The molecule has 2 aromatic carbocycles. The van der Waals surface area contributed by atoms with E-state index in [1.165, 1.54) is 22.7 Å². The normalized spacial score (nSPS) is 16.0. The smallest absolute Gasteiger partial charge is 0.270 e. The van der Waals surface area contributed by atoms with Crippen LogP contribution in [0.2, 0.25) is 0 Å². The van der Waals surface area contributed by atoms with Gasteiger partial charge in [0.1, 0.15) is 5.82 Å². The number of carbonyl (C=O) groups excluding carboxylic acids is 1. The summed E-state index contributed by atoms with van der Waals surface area (Å²) in [6.45, 7) is 0. The number of amides is 1. The number of hydrogen-bond acceptors (Lipinski definition) is 4. The topological polar surface area (TPSA) is 23.6 Å². The number of benzene rings is 2. The van der Waals surface area contributed by atoms with E-state index >= 15 is 0 Å². The van der Waals surface area contributed by atoms with Crippen LogP contribution in [-0.2, 0) is 4.79 Å². The van der Waals surface area contributed by atoms with E-state index in [0.29, 0.717) is 13.7 Å². The number of thioether (sulfide) groups is 1. The first-order chi connectivity index (χ1) is 11.9. The minimum absolute atomic E-state index is 0.173. The van der Waals surface area contributed by atoms with E-state index in [-0.39, 0.29) is 11.7 Å². The second kappa shape index (κ2) is 7.27. The Labute approximate surface area is 163 Å². The maximum atomic E-state index is 13.4. The van der Waals surface area contributed by atoms with E-state index in [4.69, 9.17) is 12.2 Å². The van der Waals surface area contributed by atoms with Crippen molar-refractivity contribution in [2.45, 2.75) is 0 Å². The molecule has 1 aliphatic heterocycles. The number of anilines is 2. The van der Waals surface area contributed by atoms with Crippen LogP contribution in [0, 0.1) is 5.82 Å². The van der Waals surface area contributed by atoms with Crippen LogP contribution in [0.15, 0.2) is 51.8 Å². The Morgan fingerprint density at radius 2 is 1.88 bits per heavy atom. The molecule has 7 heteroatoms. The molecule has 0 radical (unpaired) electrons. The summed E-state index contributed by atoms with van der Waals surface area (Å²) in [5.41, 5.74) is 2.51. The quantitative estimate of drug-likeness (QED) is 0.495. The lowest BCUT2D eigenvalue weighted by molar-refractivity contribution is -0.113. The van der Waals surface area contributed by atoms with E-state index in [1.807, 2.05) is 43.3 Å². The van der Waals surface area contributed by atoms with Crippen molar-refractivity contribution in [1.82, 2.24) is 0 Å². The van der Waals surface area contributed by atoms with Crippen LogP contribution in [0.3, 0.4) is 0 Å². The number of carbonyl (C=O) groups is 1. The van der Waals surface area contributed by atoms with Crippen molar-refractivity contribution in [2.75, 3.05) is 23.9 Å². The summed E-state index contributed by atoms with van der Waals surface area (Å²) in [6, 6.07) is 12.2. The lowest BCUT2D eigenvalue weighted by Gasteiger charge is -2.17. The summed E-state index contributed by atoms with van der Waals surface area (Å²) < 4.78 is 14.2. The summed E-state index contributed by atoms with van der Waals surface area (Å²) in [5.74, 6) is -0.515. The number of rotatable bonds is 3. The number of nitrogens with zero attached hydrogens (tertiary/aromatic N) is 2. The molecule has 0 atom stereocenters. The van der Waals surface area contributed by atoms with Gasteiger partial charge < -0.3 is 4.90 Å². The van der Waals surface area contributed by atoms with Crippen molar-refractivity contribution in [3.63, 3.8) is 0 Å². The van der Waals surface area contributed by atoms with E-state index < -0.39 is 0 Å². The molecule has 0 aromatic heterocycles. The van der Waals surface area contributed by atoms with Crippen LogP contribution in [0.5, 0.6) is 0 Å². The zero-order valence-corrected chi connectivity index (χ0v) is 16.7. The second-order valence-electron chi connectivity index (χ2n) is 5.60. The Balaban J connectivity index is 1.89. The molecule has 0 aliphatic carbocycles. The molecule has 0 bridgehead atoms. The molecule has 1 saturated heterocycles. The SMILES string of the molecule is CN(C)c1ccc(N2C(=O)C(=Cc3ccc(F)c(Br)c3)SC2=S)cc1. The predicted octanol–water partition coefficient (Wildman–Crippen LogP) is 5.06. The minimum Gasteiger partial charge on any atom is -0.378 e. The van der Waals surface area contributed by atoms with Gasteiger partial charge in [-0.25, -0.2) is 4.39 Å². The molecule has 25 heavy (non-hydrogen) atoms. The maximum Gasteiger partial charge on any atom is 0.270 e. The van der Waals surface area contributed by atoms with E-state index in [2.05, 4.69) is 15.9 Å². The van der Waals surface area contributed by atoms with Gasteiger partial charge in [0.05, 0.1) is 15.1 Å². The monoisotopic (exact) mass is 436 g/mol. The molecule has 3 nitrogen and oxygen atoms in total. The number of thiocarbonyl (C=S) groups is 1. The van der Waals surface area contributed by atoms with Gasteiger partial charge in [0.15, 0.2) is 4.32 Å². The first-order valence-electron chi connectivity index (χ1n) is 7.37. The Morgan fingerprint density at radius 3 is 2.48 bits per heavy atom. The van der Waals surface area contributed by atoms with Gasteiger partial charge in [-0.05, 0) is 64.0 Å². The van der Waals surface area contributed by atoms with Crippen LogP contribution in [0.4, 0.5) is 15.8 Å². The van der Waals surface area contributed by atoms with Crippen LogP contribution in [0.1, 0.15) is 5.56 Å². The standard InChI is InChI=1S/C18H14BrFN2OS2/c1-21(2)12-4-6-13(7-5-12)22-17(23)16(25-18(22)24)10-11-3-8-15(20)14(19)9-11/h3-10H,1-2H3.